The van der Waals surface area contributed by atoms with Crippen LogP contribution in [0.25, 0.3) is 10.9 Å². The maximum Gasteiger partial charge on any atom is 0.122 e. The number of fused-ring (bicyclic) bond motifs is 1. The molecule has 1 aliphatic heterocycles. The molecule has 0 amide bonds. The van der Waals surface area contributed by atoms with Crippen LogP contribution in [0.15, 0.2) is 48.8 Å². The highest BCUT2D eigenvalue weighted by Crippen LogP contribution is 2.30. The minimum Gasteiger partial charge on any atom is -0.489 e. The lowest BCUT2D eigenvalue weighted by molar-refractivity contribution is 0.306. The average Bonchev–Trinajstić information content (AvgIpc) is 3.14. The van der Waals surface area contributed by atoms with Crippen molar-refractivity contribution in [3.05, 3.63) is 60.0 Å². The summed E-state index contributed by atoms with van der Waals surface area (Å²) in [6.45, 7) is 4.89. The summed E-state index contributed by atoms with van der Waals surface area (Å²) in [6.07, 6.45) is 6.04. The van der Waals surface area contributed by atoms with E-state index in [4.69, 9.17) is 9.72 Å². The van der Waals surface area contributed by atoms with Crippen molar-refractivity contribution in [2.45, 2.75) is 26.4 Å². The molecule has 24 heavy (non-hydrogen) atoms. The van der Waals surface area contributed by atoms with E-state index >= 15 is 0 Å². The van der Waals surface area contributed by atoms with Gasteiger partial charge in [-0.1, -0.05) is 12.1 Å². The Morgan fingerprint density at radius 3 is 2.62 bits per heavy atom. The Hall–Kier alpha value is -2.62. The summed E-state index contributed by atoms with van der Waals surface area (Å²) in [4.78, 5) is 11.2. The Labute approximate surface area is 142 Å². The number of ether oxygens (including phenoxy) is 1. The van der Waals surface area contributed by atoms with Crippen molar-refractivity contribution >= 4 is 16.6 Å². The molecular weight excluding hydrogens is 298 g/mol. The largest absolute Gasteiger partial charge is 0.489 e. The van der Waals surface area contributed by atoms with Gasteiger partial charge in [0.15, 0.2) is 0 Å². The average molecular weight is 319 g/mol. The zero-order valence-corrected chi connectivity index (χ0v) is 13.9. The fourth-order valence-corrected chi connectivity index (χ4v) is 3.29. The Kier molecular flexibility index (Phi) is 4.03. The van der Waals surface area contributed by atoms with Crippen molar-refractivity contribution < 1.29 is 4.74 Å². The zero-order valence-electron chi connectivity index (χ0n) is 13.9. The molecule has 122 valence electrons. The molecule has 3 aromatic rings. The second kappa shape index (κ2) is 6.48. The van der Waals surface area contributed by atoms with Gasteiger partial charge in [0.2, 0.25) is 0 Å². The minimum absolute atomic E-state index is 0.536. The summed E-state index contributed by atoms with van der Waals surface area (Å²) in [7, 11) is 0. The second-order valence-corrected chi connectivity index (χ2v) is 6.30. The van der Waals surface area contributed by atoms with Crippen molar-refractivity contribution in [2.24, 2.45) is 0 Å². The van der Waals surface area contributed by atoms with E-state index in [0.29, 0.717) is 6.61 Å². The van der Waals surface area contributed by atoms with Crippen LogP contribution in [-0.2, 0) is 6.61 Å². The van der Waals surface area contributed by atoms with Crippen LogP contribution in [-0.4, -0.2) is 23.1 Å². The SMILES string of the molecule is Cc1cc(N2CCCC2)c2ccc(COc3ccncc3)cc2n1. The van der Waals surface area contributed by atoms with Crippen LogP contribution in [0.1, 0.15) is 24.1 Å². The lowest BCUT2D eigenvalue weighted by Crippen LogP contribution is -2.18. The van der Waals surface area contributed by atoms with Crippen LogP contribution < -0.4 is 9.64 Å². The number of anilines is 1. The lowest BCUT2D eigenvalue weighted by atomic mass is 10.1. The first kappa shape index (κ1) is 14.9. The highest BCUT2D eigenvalue weighted by Gasteiger charge is 2.16. The Morgan fingerprint density at radius 1 is 1.04 bits per heavy atom. The van der Waals surface area contributed by atoms with E-state index in [0.717, 1.165) is 35.6 Å². The molecule has 0 N–H and O–H groups in total. The maximum absolute atomic E-state index is 5.82. The summed E-state index contributed by atoms with van der Waals surface area (Å²) in [6, 6.07) is 12.4. The molecule has 0 bridgehead atoms. The third-order valence-electron chi connectivity index (χ3n) is 4.48. The van der Waals surface area contributed by atoms with Gasteiger partial charge in [-0.25, -0.2) is 0 Å². The van der Waals surface area contributed by atoms with Gasteiger partial charge in [0, 0.05) is 42.3 Å². The fourth-order valence-electron chi connectivity index (χ4n) is 3.29. The zero-order chi connectivity index (χ0) is 16.4. The van der Waals surface area contributed by atoms with Crippen molar-refractivity contribution in [3.63, 3.8) is 0 Å². The Morgan fingerprint density at radius 2 is 1.83 bits per heavy atom. The van der Waals surface area contributed by atoms with Gasteiger partial charge in [-0.2, -0.15) is 0 Å². The molecule has 1 aliphatic rings. The molecule has 1 fully saturated rings. The molecule has 4 rings (SSSR count). The molecule has 3 heterocycles. The van der Waals surface area contributed by atoms with Gasteiger partial charge in [0.25, 0.3) is 0 Å². The first-order valence-electron chi connectivity index (χ1n) is 8.48. The number of nitrogens with zero attached hydrogens (tertiary/aromatic N) is 3. The van der Waals surface area contributed by atoms with Gasteiger partial charge in [-0.3, -0.25) is 9.97 Å². The van der Waals surface area contributed by atoms with Crippen molar-refractivity contribution in [3.8, 4) is 5.75 Å². The topological polar surface area (TPSA) is 38.2 Å². The van der Waals surface area contributed by atoms with E-state index in [1.807, 2.05) is 12.1 Å². The van der Waals surface area contributed by atoms with E-state index in [1.54, 1.807) is 12.4 Å². The third-order valence-corrected chi connectivity index (χ3v) is 4.48. The molecule has 1 aromatic carbocycles. The lowest BCUT2D eigenvalue weighted by Gasteiger charge is -2.20. The predicted molar refractivity (Wildman–Crippen MR) is 96.5 cm³/mol. The van der Waals surface area contributed by atoms with Gasteiger partial charge in [0.1, 0.15) is 12.4 Å². The van der Waals surface area contributed by atoms with E-state index in [9.17, 15) is 0 Å². The Bertz CT molecular complexity index is 842. The van der Waals surface area contributed by atoms with Crippen LogP contribution in [0, 0.1) is 6.92 Å². The van der Waals surface area contributed by atoms with E-state index < -0.39 is 0 Å². The van der Waals surface area contributed by atoms with Gasteiger partial charge in [-0.15, -0.1) is 0 Å². The number of hydrogen-bond donors (Lipinski definition) is 0. The predicted octanol–water partition coefficient (Wildman–Crippen LogP) is 4.12. The molecule has 0 saturated carbocycles. The van der Waals surface area contributed by atoms with Crippen LogP contribution in [0.3, 0.4) is 0 Å². The molecule has 0 atom stereocenters. The molecule has 0 unspecified atom stereocenters. The molecule has 0 spiro atoms. The van der Waals surface area contributed by atoms with E-state index in [1.165, 1.54) is 23.9 Å². The van der Waals surface area contributed by atoms with Gasteiger partial charge >= 0.3 is 0 Å². The van der Waals surface area contributed by atoms with Gasteiger partial charge in [-0.05, 0) is 49.6 Å². The first-order valence-corrected chi connectivity index (χ1v) is 8.48. The number of pyridine rings is 2. The van der Waals surface area contributed by atoms with E-state index in [2.05, 4.69) is 41.1 Å². The van der Waals surface area contributed by atoms with Crippen LogP contribution in [0.2, 0.25) is 0 Å². The fraction of sp³-hybridized carbons (Fsp3) is 0.300. The summed E-state index contributed by atoms with van der Waals surface area (Å²) in [5.74, 6) is 0.833. The molecule has 4 heteroatoms. The van der Waals surface area contributed by atoms with Crippen molar-refractivity contribution in [1.82, 2.24) is 9.97 Å². The standard InChI is InChI=1S/C20H21N3O/c1-15-12-20(23-10-2-3-11-23)18-5-4-16(13-19(18)22-15)14-24-17-6-8-21-9-7-17/h4-9,12-13H,2-3,10-11,14H2,1H3. The molecule has 0 aliphatic carbocycles. The summed E-state index contributed by atoms with van der Waals surface area (Å²) >= 11 is 0. The number of aryl methyl sites for hydroxylation is 1. The smallest absolute Gasteiger partial charge is 0.122 e. The molecular formula is C20H21N3O. The number of aromatic nitrogens is 2. The quantitative estimate of drug-likeness (QED) is 0.725. The van der Waals surface area contributed by atoms with Crippen LogP contribution >= 0.6 is 0 Å². The summed E-state index contributed by atoms with van der Waals surface area (Å²) in [5, 5.41) is 1.23. The number of hydrogen-bond acceptors (Lipinski definition) is 4. The van der Waals surface area contributed by atoms with E-state index in [-0.39, 0.29) is 0 Å². The monoisotopic (exact) mass is 319 g/mol. The number of rotatable bonds is 4. The first-order chi connectivity index (χ1) is 11.8. The highest BCUT2D eigenvalue weighted by molar-refractivity contribution is 5.92. The molecule has 4 nitrogen and oxygen atoms in total. The molecule has 2 aromatic heterocycles. The molecule has 0 radical (unpaired) electrons. The van der Waals surface area contributed by atoms with Gasteiger partial charge < -0.3 is 9.64 Å². The second-order valence-electron chi connectivity index (χ2n) is 6.30. The van der Waals surface area contributed by atoms with Crippen LogP contribution in [0.4, 0.5) is 5.69 Å². The maximum atomic E-state index is 5.82. The summed E-state index contributed by atoms with van der Waals surface area (Å²) < 4.78 is 5.82. The van der Waals surface area contributed by atoms with Crippen molar-refractivity contribution in [1.29, 1.82) is 0 Å². The number of benzene rings is 1. The van der Waals surface area contributed by atoms with Crippen LogP contribution in [0.5, 0.6) is 5.75 Å². The minimum atomic E-state index is 0.536. The van der Waals surface area contributed by atoms with Crippen molar-refractivity contribution in [2.75, 3.05) is 18.0 Å². The highest BCUT2D eigenvalue weighted by atomic mass is 16.5. The summed E-state index contributed by atoms with van der Waals surface area (Å²) in [5.41, 5.74) is 4.56. The molecule has 1 saturated heterocycles. The third kappa shape index (κ3) is 3.04. The Balaban J connectivity index is 1.63. The van der Waals surface area contributed by atoms with Gasteiger partial charge in [0.05, 0.1) is 5.52 Å². The normalized spacial score (nSPS) is 14.3.